The molecule has 2 rings (SSSR count). The molecule has 0 heterocycles. The van der Waals surface area contributed by atoms with Gasteiger partial charge < -0.3 is 14.8 Å². The van der Waals surface area contributed by atoms with Crippen molar-refractivity contribution in [3.63, 3.8) is 0 Å². The Morgan fingerprint density at radius 1 is 1.12 bits per heavy atom. The Morgan fingerprint density at radius 3 is 2.46 bits per heavy atom. The van der Waals surface area contributed by atoms with Crippen LogP contribution < -0.4 is 14.8 Å². The Kier molecular flexibility index (Phi) is 6.12. The number of hydrogen-bond donors (Lipinski definition) is 1. The molecule has 2 aromatic carbocycles. The van der Waals surface area contributed by atoms with Crippen molar-refractivity contribution in [2.75, 3.05) is 11.9 Å². The lowest BCUT2D eigenvalue weighted by molar-refractivity contribution is -0.122. The quantitative estimate of drug-likeness (QED) is 0.826. The van der Waals surface area contributed by atoms with Gasteiger partial charge in [0.15, 0.2) is 6.10 Å². The third-order valence-electron chi connectivity index (χ3n) is 3.16. The van der Waals surface area contributed by atoms with E-state index in [0.717, 1.165) is 6.42 Å². The summed E-state index contributed by atoms with van der Waals surface area (Å²) in [7, 11) is 0. The molecule has 0 bridgehead atoms. The average molecular weight is 335 g/mol. The van der Waals surface area contributed by atoms with Crippen molar-refractivity contribution in [1.29, 1.82) is 0 Å². The van der Waals surface area contributed by atoms with Crippen LogP contribution in [0.15, 0.2) is 42.5 Å². The number of anilines is 1. The van der Waals surface area contributed by atoms with Crippen molar-refractivity contribution in [3.05, 3.63) is 54.1 Å². The molecular formula is C18H19F2NO3. The summed E-state index contributed by atoms with van der Waals surface area (Å²) in [6.07, 6.45) is -0.0620. The summed E-state index contributed by atoms with van der Waals surface area (Å²) in [6.45, 7) is 3.90. The molecule has 0 saturated carbocycles. The van der Waals surface area contributed by atoms with Gasteiger partial charge in [-0.05, 0) is 49.7 Å². The molecule has 2 aromatic rings. The van der Waals surface area contributed by atoms with Gasteiger partial charge in [-0.1, -0.05) is 6.92 Å². The van der Waals surface area contributed by atoms with Crippen molar-refractivity contribution < 1.29 is 23.0 Å². The number of rotatable bonds is 7. The highest BCUT2D eigenvalue weighted by Crippen LogP contribution is 2.26. The first-order valence-electron chi connectivity index (χ1n) is 7.65. The van der Waals surface area contributed by atoms with Crippen LogP contribution >= 0.6 is 0 Å². The molecule has 0 unspecified atom stereocenters. The zero-order valence-electron chi connectivity index (χ0n) is 13.5. The Balaban J connectivity index is 2.04. The summed E-state index contributed by atoms with van der Waals surface area (Å²) in [6, 6.07) is 9.26. The fraction of sp³-hybridized carbons (Fsp3) is 0.278. The summed E-state index contributed by atoms with van der Waals surface area (Å²) in [5, 5.41) is 2.65. The van der Waals surface area contributed by atoms with Crippen LogP contribution in [0.1, 0.15) is 20.3 Å². The maximum atomic E-state index is 13.3. The predicted octanol–water partition coefficient (Wildman–Crippen LogP) is 4.16. The normalized spacial score (nSPS) is 11.7. The van der Waals surface area contributed by atoms with Gasteiger partial charge >= 0.3 is 0 Å². The Bertz CT molecular complexity index is 689. The zero-order chi connectivity index (χ0) is 17.5. The van der Waals surface area contributed by atoms with Crippen LogP contribution in [0.3, 0.4) is 0 Å². The second-order valence-corrected chi connectivity index (χ2v) is 5.19. The first-order valence-corrected chi connectivity index (χ1v) is 7.65. The fourth-order valence-corrected chi connectivity index (χ4v) is 1.94. The van der Waals surface area contributed by atoms with E-state index in [2.05, 4.69) is 5.32 Å². The number of carbonyl (C=O) groups excluding carboxylic acids is 1. The standard InChI is InChI=1S/C18H19F2NO3/c1-3-10-23-17-11-14(20)6-9-16(17)21-18(22)12(2)24-15-7-4-13(19)5-8-15/h4-9,11-12H,3,10H2,1-2H3,(H,21,22)/t12-/m1/s1. The van der Waals surface area contributed by atoms with Gasteiger partial charge in [-0.3, -0.25) is 4.79 Å². The molecule has 0 aliphatic carbocycles. The summed E-state index contributed by atoms with van der Waals surface area (Å²) >= 11 is 0. The van der Waals surface area contributed by atoms with Gasteiger partial charge in [-0.2, -0.15) is 0 Å². The molecule has 1 N–H and O–H groups in total. The molecule has 0 aromatic heterocycles. The van der Waals surface area contributed by atoms with Crippen molar-refractivity contribution >= 4 is 11.6 Å². The second-order valence-electron chi connectivity index (χ2n) is 5.19. The van der Waals surface area contributed by atoms with Gasteiger partial charge in [-0.25, -0.2) is 8.78 Å². The van der Waals surface area contributed by atoms with Crippen molar-refractivity contribution in [2.24, 2.45) is 0 Å². The highest BCUT2D eigenvalue weighted by Gasteiger charge is 2.17. The van der Waals surface area contributed by atoms with Crippen LogP contribution in [0.5, 0.6) is 11.5 Å². The minimum absolute atomic E-state index is 0.263. The number of hydrogen-bond acceptors (Lipinski definition) is 3. The molecule has 0 aliphatic rings. The molecule has 4 nitrogen and oxygen atoms in total. The zero-order valence-corrected chi connectivity index (χ0v) is 13.5. The molecule has 0 radical (unpaired) electrons. The van der Waals surface area contributed by atoms with E-state index in [9.17, 15) is 13.6 Å². The second kappa shape index (κ2) is 8.29. The number of benzene rings is 2. The maximum Gasteiger partial charge on any atom is 0.265 e. The topological polar surface area (TPSA) is 47.6 Å². The highest BCUT2D eigenvalue weighted by atomic mass is 19.1. The summed E-state index contributed by atoms with van der Waals surface area (Å²) < 4.78 is 37.1. The smallest absolute Gasteiger partial charge is 0.265 e. The van der Waals surface area contributed by atoms with Gasteiger partial charge in [0, 0.05) is 6.07 Å². The molecule has 0 spiro atoms. The van der Waals surface area contributed by atoms with Crippen LogP contribution in [-0.2, 0) is 4.79 Å². The third kappa shape index (κ3) is 4.94. The molecule has 24 heavy (non-hydrogen) atoms. The largest absolute Gasteiger partial charge is 0.491 e. The maximum absolute atomic E-state index is 13.3. The SMILES string of the molecule is CCCOc1cc(F)ccc1NC(=O)[C@@H](C)Oc1ccc(F)cc1. The van der Waals surface area contributed by atoms with Gasteiger partial charge in [0.05, 0.1) is 12.3 Å². The highest BCUT2D eigenvalue weighted by molar-refractivity contribution is 5.95. The third-order valence-corrected chi connectivity index (χ3v) is 3.16. The lowest BCUT2D eigenvalue weighted by Gasteiger charge is -2.17. The van der Waals surface area contributed by atoms with Crippen LogP contribution in [0.2, 0.25) is 0 Å². The molecule has 1 amide bonds. The van der Waals surface area contributed by atoms with Crippen LogP contribution in [0, 0.1) is 11.6 Å². The minimum atomic E-state index is -0.820. The van der Waals surface area contributed by atoms with Crippen molar-refractivity contribution in [3.8, 4) is 11.5 Å². The fourth-order valence-electron chi connectivity index (χ4n) is 1.94. The van der Waals surface area contributed by atoms with Crippen molar-refractivity contribution in [2.45, 2.75) is 26.4 Å². The number of ether oxygens (including phenoxy) is 2. The summed E-state index contributed by atoms with van der Waals surface area (Å²) in [4.78, 5) is 12.2. The lowest BCUT2D eigenvalue weighted by atomic mass is 10.2. The van der Waals surface area contributed by atoms with E-state index in [4.69, 9.17) is 9.47 Å². The number of carbonyl (C=O) groups is 1. The van der Waals surface area contributed by atoms with Crippen LogP contribution in [-0.4, -0.2) is 18.6 Å². The Hall–Kier alpha value is -2.63. The summed E-state index contributed by atoms with van der Waals surface area (Å²) in [5.41, 5.74) is 0.365. The first-order chi connectivity index (χ1) is 11.5. The molecular weight excluding hydrogens is 316 g/mol. The molecule has 1 atom stereocenters. The Morgan fingerprint density at radius 2 is 1.79 bits per heavy atom. The van der Waals surface area contributed by atoms with E-state index in [1.54, 1.807) is 6.92 Å². The van der Waals surface area contributed by atoms with Gasteiger partial charge in [-0.15, -0.1) is 0 Å². The molecule has 128 valence electrons. The van der Waals surface area contributed by atoms with E-state index in [1.165, 1.54) is 42.5 Å². The van der Waals surface area contributed by atoms with E-state index < -0.39 is 17.8 Å². The average Bonchev–Trinajstić information content (AvgIpc) is 2.57. The van der Waals surface area contributed by atoms with E-state index >= 15 is 0 Å². The molecule has 0 saturated heterocycles. The predicted molar refractivity (Wildman–Crippen MR) is 87.3 cm³/mol. The van der Waals surface area contributed by atoms with E-state index in [0.29, 0.717) is 18.0 Å². The monoisotopic (exact) mass is 335 g/mol. The number of nitrogens with one attached hydrogen (secondary N) is 1. The van der Waals surface area contributed by atoms with E-state index in [-0.39, 0.29) is 11.6 Å². The molecule has 6 heteroatoms. The number of halogens is 2. The van der Waals surface area contributed by atoms with Gasteiger partial charge in [0.2, 0.25) is 0 Å². The molecule has 0 aliphatic heterocycles. The minimum Gasteiger partial charge on any atom is -0.491 e. The van der Waals surface area contributed by atoms with Crippen LogP contribution in [0.25, 0.3) is 0 Å². The first kappa shape index (κ1) is 17.7. The molecule has 0 fully saturated rings. The lowest BCUT2D eigenvalue weighted by Crippen LogP contribution is -2.30. The Labute approximate surface area is 139 Å². The van der Waals surface area contributed by atoms with Crippen LogP contribution in [0.4, 0.5) is 14.5 Å². The van der Waals surface area contributed by atoms with Gasteiger partial charge in [0.25, 0.3) is 5.91 Å². The van der Waals surface area contributed by atoms with E-state index in [1.807, 2.05) is 6.92 Å². The van der Waals surface area contributed by atoms with Gasteiger partial charge in [0.1, 0.15) is 23.1 Å². The number of amides is 1. The van der Waals surface area contributed by atoms with Crippen molar-refractivity contribution in [1.82, 2.24) is 0 Å². The summed E-state index contributed by atoms with van der Waals surface area (Å²) in [5.74, 6) is -0.620.